The van der Waals surface area contributed by atoms with Gasteiger partial charge in [0.15, 0.2) is 0 Å². The van der Waals surface area contributed by atoms with Crippen LogP contribution in [-0.2, 0) is 4.74 Å². The number of unbranched alkanes of at least 4 members (excludes halogenated alkanes) is 6. The summed E-state index contributed by atoms with van der Waals surface area (Å²) in [6.45, 7) is 11.8. The molecule has 0 saturated heterocycles. The second-order valence-electron chi connectivity index (χ2n) is 6.23. The van der Waals surface area contributed by atoms with Crippen molar-refractivity contribution in [3.63, 3.8) is 0 Å². The minimum atomic E-state index is 0.405. The Morgan fingerprint density at radius 3 is 2.05 bits per heavy atom. The zero-order chi connectivity index (χ0) is 14.3. The molecule has 0 aromatic rings. The van der Waals surface area contributed by atoms with E-state index >= 15 is 0 Å². The van der Waals surface area contributed by atoms with Gasteiger partial charge in [-0.2, -0.15) is 0 Å². The fourth-order valence-electron chi connectivity index (χ4n) is 2.38. The molecule has 0 rings (SSSR count). The first-order valence-electron chi connectivity index (χ1n) is 8.61. The summed E-state index contributed by atoms with van der Waals surface area (Å²) in [6, 6.07) is 0. The van der Waals surface area contributed by atoms with Crippen molar-refractivity contribution in [3.05, 3.63) is 6.92 Å². The van der Waals surface area contributed by atoms with E-state index in [0.717, 1.165) is 18.9 Å². The molecule has 1 radical (unpaired) electrons. The standard InChI is InChI=1S/C18H37O/c1-5-7-8-9-10-11-12-15-18(6-2)19-16-13-14-17(3)4/h17-18H,2,5-16H2,1,3-4H3. The van der Waals surface area contributed by atoms with Crippen LogP contribution in [0.15, 0.2) is 0 Å². The van der Waals surface area contributed by atoms with Crippen molar-refractivity contribution in [2.45, 2.75) is 97.5 Å². The monoisotopic (exact) mass is 269 g/mol. The van der Waals surface area contributed by atoms with Gasteiger partial charge in [0.25, 0.3) is 0 Å². The maximum atomic E-state index is 5.92. The lowest BCUT2D eigenvalue weighted by Crippen LogP contribution is -2.13. The number of hydrogen-bond donors (Lipinski definition) is 0. The SMILES string of the molecule is [CH2]CC(CCCCCCCCC)OCCCC(C)C. The topological polar surface area (TPSA) is 9.23 Å². The summed E-state index contributed by atoms with van der Waals surface area (Å²) >= 11 is 0. The summed E-state index contributed by atoms with van der Waals surface area (Å²) in [5.41, 5.74) is 0. The molecule has 1 atom stereocenters. The Morgan fingerprint density at radius 1 is 0.842 bits per heavy atom. The number of hydrogen-bond acceptors (Lipinski definition) is 1. The first-order valence-corrected chi connectivity index (χ1v) is 8.61. The van der Waals surface area contributed by atoms with Gasteiger partial charge in [-0.25, -0.2) is 0 Å². The molecule has 0 aromatic carbocycles. The summed E-state index contributed by atoms with van der Waals surface area (Å²) in [5, 5.41) is 0. The molecule has 19 heavy (non-hydrogen) atoms. The van der Waals surface area contributed by atoms with Crippen LogP contribution < -0.4 is 0 Å². The van der Waals surface area contributed by atoms with Gasteiger partial charge in [-0.1, -0.05) is 72.6 Å². The molecule has 0 bridgehead atoms. The highest BCUT2D eigenvalue weighted by molar-refractivity contribution is 4.60. The molecule has 0 fully saturated rings. The maximum absolute atomic E-state index is 5.92. The van der Waals surface area contributed by atoms with Gasteiger partial charge in [-0.05, 0) is 31.6 Å². The summed E-state index contributed by atoms with van der Waals surface area (Å²) in [6.07, 6.45) is 14.7. The van der Waals surface area contributed by atoms with Crippen molar-refractivity contribution in [2.75, 3.05) is 6.61 Å². The molecule has 1 unspecified atom stereocenters. The summed E-state index contributed by atoms with van der Waals surface area (Å²) < 4.78 is 5.92. The van der Waals surface area contributed by atoms with Crippen molar-refractivity contribution in [1.29, 1.82) is 0 Å². The molecule has 0 amide bonds. The van der Waals surface area contributed by atoms with Crippen LogP contribution in [0, 0.1) is 12.8 Å². The molecule has 0 aliphatic heterocycles. The van der Waals surface area contributed by atoms with E-state index in [1.807, 2.05) is 0 Å². The van der Waals surface area contributed by atoms with Crippen molar-refractivity contribution in [2.24, 2.45) is 5.92 Å². The lowest BCUT2D eigenvalue weighted by Gasteiger charge is -2.16. The summed E-state index contributed by atoms with van der Waals surface area (Å²) in [7, 11) is 0. The van der Waals surface area contributed by atoms with Crippen LogP contribution in [0.1, 0.15) is 91.4 Å². The molecule has 1 heteroatoms. The van der Waals surface area contributed by atoms with E-state index in [2.05, 4.69) is 27.7 Å². The second kappa shape index (κ2) is 14.4. The van der Waals surface area contributed by atoms with E-state index < -0.39 is 0 Å². The van der Waals surface area contributed by atoms with Crippen LogP contribution in [-0.4, -0.2) is 12.7 Å². The average Bonchev–Trinajstić information content (AvgIpc) is 2.39. The van der Waals surface area contributed by atoms with Crippen molar-refractivity contribution in [3.8, 4) is 0 Å². The zero-order valence-electron chi connectivity index (χ0n) is 13.8. The third-order valence-electron chi connectivity index (χ3n) is 3.73. The van der Waals surface area contributed by atoms with Crippen LogP contribution in [0.4, 0.5) is 0 Å². The van der Waals surface area contributed by atoms with Gasteiger partial charge < -0.3 is 4.74 Å². The molecule has 0 saturated carbocycles. The predicted octanol–water partition coefficient (Wildman–Crippen LogP) is 6.17. The van der Waals surface area contributed by atoms with Gasteiger partial charge in [-0.3, -0.25) is 0 Å². The minimum absolute atomic E-state index is 0.405. The molecule has 115 valence electrons. The number of rotatable bonds is 14. The summed E-state index contributed by atoms with van der Waals surface area (Å²) in [4.78, 5) is 0. The lowest BCUT2D eigenvalue weighted by molar-refractivity contribution is 0.0436. The molecule has 1 nitrogen and oxygen atoms in total. The van der Waals surface area contributed by atoms with Crippen LogP contribution in [0.3, 0.4) is 0 Å². The third kappa shape index (κ3) is 14.2. The highest BCUT2D eigenvalue weighted by Gasteiger charge is 2.06. The van der Waals surface area contributed by atoms with E-state index in [1.54, 1.807) is 0 Å². The van der Waals surface area contributed by atoms with Crippen molar-refractivity contribution >= 4 is 0 Å². The van der Waals surface area contributed by atoms with Crippen LogP contribution in [0.5, 0.6) is 0 Å². The Hall–Kier alpha value is -0.0400. The Kier molecular flexibility index (Phi) is 14.3. The van der Waals surface area contributed by atoms with E-state index in [4.69, 9.17) is 4.74 Å². The molecule has 0 spiro atoms. The van der Waals surface area contributed by atoms with Crippen LogP contribution >= 0.6 is 0 Å². The highest BCUT2D eigenvalue weighted by Crippen LogP contribution is 2.14. The van der Waals surface area contributed by atoms with E-state index in [9.17, 15) is 0 Å². The van der Waals surface area contributed by atoms with Gasteiger partial charge in [0.2, 0.25) is 0 Å². The zero-order valence-corrected chi connectivity index (χ0v) is 13.8. The molecular formula is C18H37O. The molecule has 0 aromatic heterocycles. The Labute approximate surface area is 122 Å². The average molecular weight is 269 g/mol. The molecule has 0 aliphatic carbocycles. The Morgan fingerprint density at radius 2 is 1.47 bits per heavy atom. The fourth-order valence-corrected chi connectivity index (χ4v) is 2.38. The van der Waals surface area contributed by atoms with E-state index in [-0.39, 0.29) is 0 Å². The predicted molar refractivity (Wildman–Crippen MR) is 86.4 cm³/mol. The first kappa shape index (κ1) is 19.0. The van der Waals surface area contributed by atoms with Crippen molar-refractivity contribution in [1.82, 2.24) is 0 Å². The minimum Gasteiger partial charge on any atom is -0.378 e. The largest absolute Gasteiger partial charge is 0.378 e. The molecule has 0 heterocycles. The Bertz CT molecular complexity index is 165. The highest BCUT2D eigenvalue weighted by atomic mass is 16.5. The molecule has 0 aliphatic rings. The third-order valence-corrected chi connectivity index (χ3v) is 3.73. The van der Waals surface area contributed by atoms with Crippen LogP contribution in [0.25, 0.3) is 0 Å². The molecular weight excluding hydrogens is 232 g/mol. The van der Waals surface area contributed by atoms with E-state index in [0.29, 0.717) is 6.10 Å². The Balaban J connectivity index is 3.33. The first-order chi connectivity index (χ1) is 9.20. The molecule has 0 N–H and O–H groups in total. The van der Waals surface area contributed by atoms with Gasteiger partial charge in [0.1, 0.15) is 0 Å². The lowest BCUT2D eigenvalue weighted by atomic mass is 10.1. The van der Waals surface area contributed by atoms with Gasteiger partial charge in [0, 0.05) is 6.61 Å². The maximum Gasteiger partial charge on any atom is 0.0575 e. The fraction of sp³-hybridized carbons (Fsp3) is 0.944. The second-order valence-corrected chi connectivity index (χ2v) is 6.23. The van der Waals surface area contributed by atoms with Gasteiger partial charge in [0.05, 0.1) is 6.10 Å². The van der Waals surface area contributed by atoms with Crippen molar-refractivity contribution < 1.29 is 4.74 Å². The normalized spacial score (nSPS) is 13.1. The quantitative estimate of drug-likeness (QED) is 0.342. The van der Waals surface area contributed by atoms with Crippen LogP contribution in [0.2, 0.25) is 0 Å². The summed E-state index contributed by atoms with van der Waals surface area (Å²) in [5.74, 6) is 0.796. The van der Waals surface area contributed by atoms with E-state index in [1.165, 1.54) is 64.2 Å². The van der Waals surface area contributed by atoms with Gasteiger partial charge in [-0.15, -0.1) is 0 Å². The number of ether oxygens (including phenoxy) is 1. The van der Waals surface area contributed by atoms with Gasteiger partial charge >= 0.3 is 0 Å². The smallest absolute Gasteiger partial charge is 0.0575 e.